The van der Waals surface area contributed by atoms with Gasteiger partial charge in [0.05, 0.1) is 11.9 Å². The molecule has 1 aromatic carbocycles. The molecule has 1 amide bonds. The number of benzene rings is 1. The molecule has 3 N–H and O–H groups in total. The van der Waals surface area contributed by atoms with Crippen molar-refractivity contribution in [3.63, 3.8) is 0 Å². The zero-order valence-electron chi connectivity index (χ0n) is 10.00. The Morgan fingerprint density at radius 2 is 2.06 bits per heavy atom. The second-order valence-electron chi connectivity index (χ2n) is 3.87. The predicted octanol–water partition coefficient (Wildman–Crippen LogP) is 1.37. The SMILES string of the molecule is Cn1cccc1/C=N/NC(=O)c1ccc(N)cc1. The maximum atomic E-state index is 11.7. The highest BCUT2D eigenvalue weighted by Crippen LogP contribution is 2.05. The summed E-state index contributed by atoms with van der Waals surface area (Å²) >= 11 is 0. The van der Waals surface area contributed by atoms with Gasteiger partial charge in [0.25, 0.3) is 5.91 Å². The second kappa shape index (κ2) is 5.18. The first-order valence-corrected chi connectivity index (χ1v) is 5.47. The minimum absolute atomic E-state index is 0.263. The van der Waals surface area contributed by atoms with Crippen molar-refractivity contribution in [1.29, 1.82) is 0 Å². The van der Waals surface area contributed by atoms with Gasteiger partial charge in [-0.15, -0.1) is 0 Å². The highest BCUT2D eigenvalue weighted by Gasteiger charge is 2.02. The lowest BCUT2D eigenvalue weighted by molar-refractivity contribution is 0.0955. The first-order valence-electron chi connectivity index (χ1n) is 5.47. The number of nitrogen functional groups attached to an aromatic ring is 1. The maximum Gasteiger partial charge on any atom is 0.271 e. The third kappa shape index (κ3) is 2.76. The molecule has 0 atom stereocenters. The lowest BCUT2D eigenvalue weighted by atomic mass is 10.2. The van der Waals surface area contributed by atoms with E-state index in [1.54, 1.807) is 30.5 Å². The van der Waals surface area contributed by atoms with Crippen molar-refractivity contribution >= 4 is 17.8 Å². The molecule has 0 aliphatic carbocycles. The van der Waals surface area contributed by atoms with Gasteiger partial charge in [0.1, 0.15) is 0 Å². The molecule has 1 heterocycles. The zero-order chi connectivity index (χ0) is 13.0. The van der Waals surface area contributed by atoms with Crippen LogP contribution >= 0.6 is 0 Å². The summed E-state index contributed by atoms with van der Waals surface area (Å²) in [4.78, 5) is 11.7. The highest BCUT2D eigenvalue weighted by atomic mass is 16.2. The van der Waals surface area contributed by atoms with E-state index in [1.807, 2.05) is 29.9 Å². The molecular formula is C13H14N4O. The molecule has 0 radical (unpaired) electrons. The van der Waals surface area contributed by atoms with E-state index in [2.05, 4.69) is 10.5 Å². The number of nitrogens with two attached hydrogens (primary N) is 1. The van der Waals surface area contributed by atoms with Gasteiger partial charge in [0.2, 0.25) is 0 Å². The van der Waals surface area contributed by atoms with Gasteiger partial charge < -0.3 is 10.3 Å². The minimum atomic E-state index is -0.263. The largest absolute Gasteiger partial charge is 0.399 e. The van der Waals surface area contributed by atoms with Crippen molar-refractivity contribution in [2.75, 3.05) is 5.73 Å². The second-order valence-corrected chi connectivity index (χ2v) is 3.87. The number of hydrazone groups is 1. The van der Waals surface area contributed by atoms with E-state index < -0.39 is 0 Å². The predicted molar refractivity (Wildman–Crippen MR) is 71.3 cm³/mol. The topological polar surface area (TPSA) is 72.4 Å². The van der Waals surface area contributed by atoms with Crippen molar-refractivity contribution < 1.29 is 4.79 Å². The van der Waals surface area contributed by atoms with Crippen molar-refractivity contribution in [3.8, 4) is 0 Å². The first-order chi connectivity index (χ1) is 8.66. The third-order valence-corrected chi connectivity index (χ3v) is 2.52. The molecular weight excluding hydrogens is 228 g/mol. The monoisotopic (exact) mass is 242 g/mol. The zero-order valence-corrected chi connectivity index (χ0v) is 10.00. The van der Waals surface area contributed by atoms with E-state index in [-0.39, 0.29) is 5.91 Å². The van der Waals surface area contributed by atoms with Crippen LogP contribution < -0.4 is 11.2 Å². The molecule has 0 aliphatic heterocycles. The van der Waals surface area contributed by atoms with Crippen LogP contribution in [0.4, 0.5) is 5.69 Å². The summed E-state index contributed by atoms with van der Waals surface area (Å²) in [5, 5.41) is 3.90. The molecule has 1 aromatic heterocycles. The Morgan fingerprint density at radius 3 is 2.67 bits per heavy atom. The summed E-state index contributed by atoms with van der Waals surface area (Å²) in [5.41, 5.74) is 10.1. The minimum Gasteiger partial charge on any atom is -0.399 e. The van der Waals surface area contributed by atoms with Crippen LogP contribution in [-0.4, -0.2) is 16.7 Å². The Labute approximate surface area is 105 Å². The van der Waals surface area contributed by atoms with Gasteiger partial charge >= 0.3 is 0 Å². The van der Waals surface area contributed by atoms with E-state index in [4.69, 9.17) is 5.73 Å². The summed E-state index contributed by atoms with van der Waals surface area (Å²) in [6, 6.07) is 10.5. The Bertz CT molecular complexity index is 569. The smallest absolute Gasteiger partial charge is 0.271 e. The molecule has 2 rings (SSSR count). The lowest BCUT2D eigenvalue weighted by Gasteiger charge is -2.00. The molecule has 0 saturated carbocycles. The lowest BCUT2D eigenvalue weighted by Crippen LogP contribution is -2.17. The average molecular weight is 242 g/mol. The first kappa shape index (κ1) is 11.9. The fourth-order valence-electron chi connectivity index (χ4n) is 1.46. The van der Waals surface area contributed by atoms with Gasteiger partial charge in [-0.3, -0.25) is 4.79 Å². The normalized spacial score (nSPS) is 10.7. The number of anilines is 1. The number of aromatic nitrogens is 1. The van der Waals surface area contributed by atoms with Gasteiger partial charge in [0.15, 0.2) is 0 Å². The fraction of sp³-hybridized carbons (Fsp3) is 0.0769. The van der Waals surface area contributed by atoms with Crippen LogP contribution in [0.3, 0.4) is 0 Å². The molecule has 0 bridgehead atoms. The molecule has 5 heteroatoms. The Kier molecular flexibility index (Phi) is 3.43. The summed E-state index contributed by atoms with van der Waals surface area (Å²) < 4.78 is 1.90. The van der Waals surface area contributed by atoms with Gasteiger partial charge in [0, 0.05) is 24.5 Å². The Morgan fingerprint density at radius 1 is 1.33 bits per heavy atom. The van der Waals surface area contributed by atoms with Crippen molar-refractivity contribution in [1.82, 2.24) is 9.99 Å². The van der Waals surface area contributed by atoms with Crippen LogP contribution in [0.15, 0.2) is 47.7 Å². The Balaban J connectivity index is 1.98. The van der Waals surface area contributed by atoms with Crippen molar-refractivity contribution in [3.05, 3.63) is 53.9 Å². The van der Waals surface area contributed by atoms with Gasteiger partial charge in [-0.2, -0.15) is 5.10 Å². The van der Waals surface area contributed by atoms with Crippen molar-refractivity contribution in [2.24, 2.45) is 12.1 Å². The molecule has 92 valence electrons. The van der Waals surface area contributed by atoms with E-state index >= 15 is 0 Å². The molecule has 0 saturated heterocycles. The van der Waals surface area contributed by atoms with Crippen LogP contribution in [0.1, 0.15) is 16.1 Å². The number of aryl methyl sites for hydroxylation is 1. The molecule has 0 spiro atoms. The van der Waals surface area contributed by atoms with Crippen LogP contribution in [0.2, 0.25) is 0 Å². The molecule has 18 heavy (non-hydrogen) atoms. The number of carbonyl (C=O) groups is 1. The number of amides is 1. The van der Waals surface area contributed by atoms with E-state index in [9.17, 15) is 4.79 Å². The summed E-state index contributed by atoms with van der Waals surface area (Å²) in [6.07, 6.45) is 3.50. The number of nitrogens with one attached hydrogen (secondary N) is 1. The molecule has 0 fully saturated rings. The standard InChI is InChI=1S/C13H14N4O/c1-17-8-2-3-12(17)9-15-16-13(18)10-4-6-11(14)7-5-10/h2-9H,14H2,1H3,(H,16,18)/b15-9+. The maximum absolute atomic E-state index is 11.7. The van der Waals surface area contributed by atoms with Crippen molar-refractivity contribution in [2.45, 2.75) is 0 Å². The van der Waals surface area contributed by atoms with Gasteiger partial charge in [-0.05, 0) is 36.4 Å². The van der Waals surface area contributed by atoms with Crippen LogP contribution in [0.5, 0.6) is 0 Å². The van der Waals surface area contributed by atoms with E-state index in [1.165, 1.54) is 0 Å². The summed E-state index contributed by atoms with van der Waals surface area (Å²) in [5.74, 6) is -0.263. The van der Waals surface area contributed by atoms with Gasteiger partial charge in [-0.25, -0.2) is 5.43 Å². The molecule has 5 nitrogen and oxygen atoms in total. The number of hydrogen-bond acceptors (Lipinski definition) is 3. The summed E-state index contributed by atoms with van der Waals surface area (Å²) in [6.45, 7) is 0. The molecule has 2 aromatic rings. The average Bonchev–Trinajstić information content (AvgIpc) is 2.76. The van der Waals surface area contributed by atoms with Crippen LogP contribution in [0, 0.1) is 0 Å². The number of hydrogen-bond donors (Lipinski definition) is 2. The fourth-order valence-corrected chi connectivity index (χ4v) is 1.46. The quantitative estimate of drug-likeness (QED) is 0.484. The van der Waals surface area contributed by atoms with Crippen LogP contribution in [0.25, 0.3) is 0 Å². The third-order valence-electron chi connectivity index (χ3n) is 2.52. The van der Waals surface area contributed by atoms with Crippen LogP contribution in [-0.2, 0) is 7.05 Å². The molecule has 0 aliphatic rings. The van der Waals surface area contributed by atoms with Gasteiger partial charge in [-0.1, -0.05) is 0 Å². The summed E-state index contributed by atoms with van der Waals surface area (Å²) in [7, 11) is 1.91. The number of rotatable bonds is 3. The Hall–Kier alpha value is -2.56. The highest BCUT2D eigenvalue weighted by molar-refractivity contribution is 5.95. The van der Waals surface area contributed by atoms with E-state index in [0.29, 0.717) is 11.3 Å². The number of carbonyl (C=O) groups excluding carboxylic acids is 1. The molecule has 0 unspecified atom stereocenters. The van der Waals surface area contributed by atoms with E-state index in [0.717, 1.165) is 5.69 Å². The number of nitrogens with zero attached hydrogens (tertiary/aromatic N) is 2.